The Morgan fingerprint density at radius 2 is 2.31 bits per heavy atom. The second kappa shape index (κ2) is 2.96. The zero-order valence-corrected chi connectivity index (χ0v) is 8.08. The number of rotatable bonds is 2. The molecule has 0 saturated heterocycles. The maximum Gasteiger partial charge on any atom is 0.118 e. The highest BCUT2D eigenvalue weighted by Crippen LogP contribution is 2.47. The van der Waals surface area contributed by atoms with Crippen LogP contribution in [0.3, 0.4) is 0 Å². The van der Waals surface area contributed by atoms with Crippen LogP contribution >= 0.6 is 0 Å². The molecule has 0 radical (unpaired) electrons. The van der Waals surface area contributed by atoms with Gasteiger partial charge in [0.15, 0.2) is 0 Å². The highest BCUT2D eigenvalue weighted by atomic mass is 16.3. The molecule has 0 aromatic carbocycles. The van der Waals surface area contributed by atoms with Gasteiger partial charge in [-0.3, -0.25) is 0 Å². The maximum absolute atomic E-state index is 5.69. The number of terminal acetylenes is 1. The fourth-order valence-corrected chi connectivity index (χ4v) is 1.60. The Labute approximate surface area is 79.1 Å². The highest BCUT2D eigenvalue weighted by Gasteiger charge is 2.36. The average molecular weight is 174 g/mol. The normalized spacial score (nSPS) is 28.1. The van der Waals surface area contributed by atoms with Gasteiger partial charge in [0.25, 0.3) is 0 Å². The predicted molar refractivity (Wildman–Crippen MR) is 52.5 cm³/mol. The lowest BCUT2D eigenvalue weighted by Gasteiger charge is -1.97. The smallest absolute Gasteiger partial charge is 0.118 e. The van der Waals surface area contributed by atoms with Gasteiger partial charge in [-0.1, -0.05) is 12.8 Å². The van der Waals surface area contributed by atoms with E-state index in [1.165, 1.54) is 6.42 Å². The lowest BCUT2D eigenvalue weighted by Crippen LogP contribution is -1.84. The van der Waals surface area contributed by atoms with Crippen LogP contribution in [0.2, 0.25) is 0 Å². The third-order valence-electron chi connectivity index (χ3n) is 2.80. The molecule has 1 aromatic rings. The van der Waals surface area contributed by atoms with Crippen molar-refractivity contribution < 1.29 is 4.42 Å². The summed E-state index contributed by atoms with van der Waals surface area (Å²) in [6.45, 7) is 4.23. The quantitative estimate of drug-likeness (QED) is 0.628. The summed E-state index contributed by atoms with van der Waals surface area (Å²) < 4.78 is 5.69. The van der Waals surface area contributed by atoms with Crippen LogP contribution in [0.25, 0.3) is 0 Å². The molecule has 1 aliphatic carbocycles. The van der Waals surface area contributed by atoms with E-state index in [-0.39, 0.29) is 5.92 Å². The third-order valence-corrected chi connectivity index (χ3v) is 2.80. The second-order valence-corrected chi connectivity index (χ2v) is 3.95. The minimum absolute atomic E-state index is 0.0998. The van der Waals surface area contributed by atoms with Crippen LogP contribution in [0, 0.1) is 18.3 Å². The van der Waals surface area contributed by atoms with Crippen molar-refractivity contribution in [2.24, 2.45) is 5.92 Å². The van der Waals surface area contributed by atoms with Crippen LogP contribution in [0.5, 0.6) is 0 Å². The first-order valence-corrected chi connectivity index (χ1v) is 4.78. The van der Waals surface area contributed by atoms with Crippen LogP contribution in [0.4, 0.5) is 0 Å². The van der Waals surface area contributed by atoms with E-state index in [2.05, 4.69) is 18.9 Å². The molecular formula is C12H14O. The first-order chi connectivity index (χ1) is 6.22. The van der Waals surface area contributed by atoms with Gasteiger partial charge < -0.3 is 4.42 Å². The van der Waals surface area contributed by atoms with Crippen LogP contribution < -0.4 is 0 Å². The van der Waals surface area contributed by atoms with Gasteiger partial charge in [-0.15, -0.1) is 6.42 Å². The van der Waals surface area contributed by atoms with Crippen LogP contribution in [0.15, 0.2) is 16.5 Å². The molecule has 0 amide bonds. The zero-order chi connectivity index (χ0) is 9.42. The van der Waals surface area contributed by atoms with E-state index < -0.39 is 0 Å². The molecule has 13 heavy (non-hydrogen) atoms. The fourth-order valence-electron chi connectivity index (χ4n) is 1.60. The van der Waals surface area contributed by atoms with Crippen molar-refractivity contribution in [2.45, 2.75) is 32.1 Å². The summed E-state index contributed by atoms with van der Waals surface area (Å²) in [7, 11) is 0. The predicted octanol–water partition coefficient (Wildman–Crippen LogP) is 3.14. The Morgan fingerprint density at radius 1 is 1.62 bits per heavy atom. The molecule has 1 heteroatoms. The monoisotopic (exact) mass is 174 g/mol. The second-order valence-electron chi connectivity index (χ2n) is 3.95. The molecule has 1 saturated carbocycles. The summed E-state index contributed by atoms with van der Waals surface area (Å²) in [5, 5.41) is 0. The van der Waals surface area contributed by atoms with Crippen molar-refractivity contribution in [2.75, 3.05) is 0 Å². The van der Waals surface area contributed by atoms with E-state index >= 15 is 0 Å². The Morgan fingerprint density at radius 3 is 2.85 bits per heavy atom. The molecule has 0 N–H and O–H groups in total. The van der Waals surface area contributed by atoms with Gasteiger partial charge in [0.1, 0.15) is 11.5 Å². The van der Waals surface area contributed by atoms with Crippen molar-refractivity contribution in [1.29, 1.82) is 0 Å². The minimum Gasteiger partial charge on any atom is -0.464 e. The van der Waals surface area contributed by atoms with Gasteiger partial charge in [-0.05, 0) is 31.4 Å². The molecule has 3 atom stereocenters. The standard InChI is InChI=1S/C12H14O/c1-4-8(2)11-5-6-12(13-11)10-7-9(10)3/h1,5-6,8-10H,7H2,2-3H3. The van der Waals surface area contributed by atoms with Crippen LogP contribution in [-0.4, -0.2) is 0 Å². The molecule has 1 fully saturated rings. The molecule has 68 valence electrons. The zero-order valence-electron chi connectivity index (χ0n) is 8.08. The number of hydrogen-bond donors (Lipinski definition) is 0. The molecule has 1 aliphatic rings. The van der Waals surface area contributed by atoms with Gasteiger partial charge in [-0.25, -0.2) is 0 Å². The van der Waals surface area contributed by atoms with Gasteiger partial charge in [0.05, 0.1) is 5.92 Å². The topological polar surface area (TPSA) is 13.1 Å². The molecule has 1 aromatic heterocycles. The van der Waals surface area contributed by atoms with Crippen molar-refractivity contribution >= 4 is 0 Å². The molecule has 0 bridgehead atoms. The van der Waals surface area contributed by atoms with Crippen LogP contribution in [-0.2, 0) is 0 Å². The van der Waals surface area contributed by atoms with Gasteiger partial charge in [0, 0.05) is 5.92 Å². The van der Waals surface area contributed by atoms with Crippen molar-refractivity contribution in [1.82, 2.24) is 0 Å². The summed E-state index contributed by atoms with van der Waals surface area (Å²) in [6, 6.07) is 4.07. The van der Waals surface area contributed by atoms with Gasteiger partial charge in [-0.2, -0.15) is 0 Å². The summed E-state index contributed by atoms with van der Waals surface area (Å²) in [6.07, 6.45) is 6.58. The molecule has 2 rings (SSSR count). The maximum atomic E-state index is 5.69. The molecular weight excluding hydrogens is 160 g/mol. The van der Waals surface area contributed by atoms with E-state index in [1.807, 2.05) is 13.0 Å². The first kappa shape index (κ1) is 8.44. The Bertz CT molecular complexity index is 342. The van der Waals surface area contributed by atoms with E-state index in [0.29, 0.717) is 5.92 Å². The van der Waals surface area contributed by atoms with E-state index in [4.69, 9.17) is 10.8 Å². The van der Waals surface area contributed by atoms with Crippen molar-refractivity contribution in [3.8, 4) is 12.3 Å². The summed E-state index contributed by atoms with van der Waals surface area (Å²) in [5.41, 5.74) is 0. The van der Waals surface area contributed by atoms with E-state index in [0.717, 1.165) is 17.4 Å². The summed E-state index contributed by atoms with van der Waals surface area (Å²) in [5.74, 6) is 6.26. The Kier molecular flexibility index (Phi) is 1.92. The first-order valence-electron chi connectivity index (χ1n) is 4.78. The summed E-state index contributed by atoms with van der Waals surface area (Å²) >= 11 is 0. The van der Waals surface area contributed by atoms with Crippen LogP contribution in [0.1, 0.15) is 43.6 Å². The molecule has 0 spiro atoms. The van der Waals surface area contributed by atoms with E-state index in [9.17, 15) is 0 Å². The minimum atomic E-state index is 0.0998. The lowest BCUT2D eigenvalue weighted by molar-refractivity contribution is 0.457. The lowest BCUT2D eigenvalue weighted by atomic mass is 10.1. The fraction of sp³-hybridized carbons (Fsp3) is 0.500. The molecule has 1 nitrogen and oxygen atoms in total. The third kappa shape index (κ3) is 1.49. The molecule has 0 aliphatic heterocycles. The SMILES string of the molecule is C#CC(C)c1ccc(C2CC2C)o1. The van der Waals surface area contributed by atoms with E-state index in [1.54, 1.807) is 0 Å². The average Bonchev–Trinajstić information content (AvgIpc) is 2.70. The summed E-state index contributed by atoms with van der Waals surface area (Å²) in [4.78, 5) is 0. The van der Waals surface area contributed by atoms with Crippen molar-refractivity contribution in [3.63, 3.8) is 0 Å². The molecule has 1 heterocycles. The van der Waals surface area contributed by atoms with Gasteiger partial charge >= 0.3 is 0 Å². The number of furan rings is 1. The Balaban J connectivity index is 2.15. The molecule has 3 unspecified atom stereocenters. The largest absolute Gasteiger partial charge is 0.464 e. The number of hydrogen-bond acceptors (Lipinski definition) is 1. The Hall–Kier alpha value is -1.16. The van der Waals surface area contributed by atoms with Crippen molar-refractivity contribution in [3.05, 3.63) is 23.7 Å². The van der Waals surface area contributed by atoms with Gasteiger partial charge in [0.2, 0.25) is 0 Å². The highest BCUT2D eigenvalue weighted by molar-refractivity contribution is 5.22.